The summed E-state index contributed by atoms with van der Waals surface area (Å²) in [6.45, 7) is 6.89. The van der Waals surface area contributed by atoms with Crippen molar-refractivity contribution in [1.82, 2.24) is 0 Å². The molecule has 0 saturated heterocycles. The summed E-state index contributed by atoms with van der Waals surface area (Å²) in [7, 11) is 0. The molecule has 2 heteroatoms. The van der Waals surface area contributed by atoms with Crippen LogP contribution in [0.1, 0.15) is 97.0 Å². The third kappa shape index (κ3) is 8.73. The number of ether oxygens (including phenoxy) is 1. The van der Waals surface area contributed by atoms with Gasteiger partial charge in [0.25, 0.3) is 0 Å². The Bertz CT molecular complexity index is 426. The maximum absolute atomic E-state index is 10.3. The van der Waals surface area contributed by atoms with Crippen molar-refractivity contribution < 1.29 is 9.84 Å². The van der Waals surface area contributed by atoms with Crippen LogP contribution in [0.3, 0.4) is 0 Å². The van der Waals surface area contributed by atoms with Gasteiger partial charge in [0.1, 0.15) is 5.75 Å². The Morgan fingerprint density at radius 1 is 0.875 bits per heavy atom. The molecule has 24 heavy (non-hydrogen) atoms. The molecule has 1 aromatic carbocycles. The molecular formula is C22H38O2. The Morgan fingerprint density at radius 2 is 1.46 bits per heavy atom. The fraction of sp³-hybridized carbons (Fsp3) is 0.727. The first-order valence-electron chi connectivity index (χ1n) is 10.1. The van der Waals surface area contributed by atoms with E-state index in [2.05, 4.69) is 6.92 Å². The van der Waals surface area contributed by atoms with Gasteiger partial charge >= 0.3 is 0 Å². The van der Waals surface area contributed by atoms with Crippen LogP contribution in [0, 0.1) is 0 Å². The van der Waals surface area contributed by atoms with Gasteiger partial charge in [-0.05, 0) is 37.5 Å². The molecule has 0 aliphatic heterocycles. The standard InChI is InChI=1S/C22H38O2/c1-4-6-7-8-9-10-11-12-13-14-18-24-21-17-15-16-20(19-21)22(3,23)5-2/h15-17,19,23H,4-14,18H2,1-3H3/t22-/m1/s1. The number of aliphatic hydroxyl groups is 1. The molecule has 0 aliphatic carbocycles. The third-order valence-electron chi connectivity index (χ3n) is 4.91. The van der Waals surface area contributed by atoms with E-state index in [1.807, 2.05) is 38.1 Å². The first kappa shape index (κ1) is 21.0. The van der Waals surface area contributed by atoms with Crippen molar-refractivity contribution in [2.24, 2.45) is 0 Å². The van der Waals surface area contributed by atoms with Crippen LogP contribution in [0.15, 0.2) is 24.3 Å². The summed E-state index contributed by atoms with van der Waals surface area (Å²) >= 11 is 0. The molecular weight excluding hydrogens is 296 g/mol. The van der Waals surface area contributed by atoms with Gasteiger partial charge in [0.15, 0.2) is 0 Å². The summed E-state index contributed by atoms with van der Waals surface area (Å²) in [5.41, 5.74) is 0.168. The Labute approximate surface area is 149 Å². The van der Waals surface area contributed by atoms with E-state index in [1.54, 1.807) is 0 Å². The second-order valence-electron chi connectivity index (χ2n) is 7.19. The minimum Gasteiger partial charge on any atom is -0.494 e. The third-order valence-corrected chi connectivity index (χ3v) is 4.91. The molecule has 0 aromatic heterocycles. The average Bonchev–Trinajstić information content (AvgIpc) is 2.60. The molecule has 2 nitrogen and oxygen atoms in total. The molecule has 0 unspecified atom stereocenters. The van der Waals surface area contributed by atoms with Gasteiger partial charge in [0.2, 0.25) is 0 Å². The predicted molar refractivity (Wildman–Crippen MR) is 104 cm³/mol. The van der Waals surface area contributed by atoms with Crippen LogP contribution in [-0.2, 0) is 5.60 Å². The molecule has 0 spiro atoms. The fourth-order valence-corrected chi connectivity index (χ4v) is 2.90. The summed E-state index contributed by atoms with van der Waals surface area (Å²) in [4.78, 5) is 0. The molecule has 0 bridgehead atoms. The van der Waals surface area contributed by atoms with Gasteiger partial charge in [0.05, 0.1) is 12.2 Å². The number of hydrogen-bond donors (Lipinski definition) is 1. The second-order valence-corrected chi connectivity index (χ2v) is 7.19. The van der Waals surface area contributed by atoms with Gasteiger partial charge in [0, 0.05) is 0 Å². The predicted octanol–water partition coefficient (Wildman–Crippen LogP) is 6.60. The van der Waals surface area contributed by atoms with Crippen molar-refractivity contribution in [3.8, 4) is 5.75 Å². The molecule has 0 radical (unpaired) electrons. The quantitative estimate of drug-likeness (QED) is 0.388. The Morgan fingerprint density at radius 3 is 2.04 bits per heavy atom. The van der Waals surface area contributed by atoms with Crippen LogP contribution >= 0.6 is 0 Å². The lowest BCUT2D eigenvalue weighted by Crippen LogP contribution is -2.19. The first-order valence-corrected chi connectivity index (χ1v) is 10.1. The molecule has 0 fully saturated rings. The normalized spacial score (nSPS) is 13.7. The van der Waals surface area contributed by atoms with Gasteiger partial charge in [-0.15, -0.1) is 0 Å². The Balaban J connectivity index is 2.08. The lowest BCUT2D eigenvalue weighted by molar-refractivity contribution is 0.0528. The van der Waals surface area contributed by atoms with Crippen LogP contribution in [0.4, 0.5) is 0 Å². The van der Waals surface area contributed by atoms with Crippen molar-refractivity contribution in [1.29, 1.82) is 0 Å². The number of unbranched alkanes of at least 4 members (excludes halogenated alkanes) is 9. The molecule has 1 aromatic rings. The topological polar surface area (TPSA) is 29.5 Å². The number of benzene rings is 1. The highest BCUT2D eigenvalue weighted by atomic mass is 16.5. The van der Waals surface area contributed by atoms with Crippen molar-refractivity contribution in [2.75, 3.05) is 6.61 Å². The van der Waals surface area contributed by atoms with E-state index < -0.39 is 5.60 Å². The highest BCUT2D eigenvalue weighted by Crippen LogP contribution is 2.27. The van der Waals surface area contributed by atoms with Gasteiger partial charge in [-0.2, -0.15) is 0 Å². The molecule has 0 aliphatic rings. The summed E-state index contributed by atoms with van der Waals surface area (Å²) in [6.07, 6.45) is 14.1. The number of hydrogen-bond acceptors (Lipinski definition) is 2. The van der Waals surface area contributed by atoms with Crippen LogP contribution in [0.5, 0.6) is 5.75 Å². The minimum atomic E-state index is -0.767. The van der Waals surface area contributed by atoms with Crippen molar-refractivity contribution in [3.63, 3.8) is 0 Å². The molecule has 1 rings (SSSR count). The van der Waals surface area contributed by atoms with E-state index in [1.165, 1.54) is 57.8 Å². The van der Waals surface area contributed by atoms with E-state index in [-0.39, 0.29) is 0 Å². The van der Waals surface area contributed by atoms with Crippen LogP contribution in [-0.4, -0.2) is 11.7 Å². The summed E-state index contributed by atoms with van der Waals surface area (Å²) in [6, 6.07) is 7.88. The highest BCUT2D eigenvalue weighted by molar-refractivity contribution is 5.31. The van der Waals surface area contributed by atoms with Crippen molar-refractivity contribution in [2.45, 2.75) is 97.0 Å². The summed E-state index contributed by atoms with van der Waals surface area (Å²) in [5.74, 6) is 0.872. The lowest BCUT2D eigenvalue weighted by Gasteiger charge is -2.22. The molecule has 1 N–H and O–H groups in total. The van der Waals surface area contributed by atoms with E-state index >= 15 is 0 Å². The minimum absolute atomic E-state index is 0.703. The molecule has 138 valence electrons. The summed E-state index contributed by atoms with van der Waals surface area (Å²) < 4.78 is 5.85. The van der Waals surface area contributed by atoms with Crippen LogP contribution < -0.4 is 4.74 Å². The van der Waals surface area contributed by atoms with E-state index in [0.717, 1.165) is 24.3 Å². The van der Waals surface area contributed by atoms with Crippen molar-refractivity contribution >= 4 is 0 Å². The van der Waals surface area contributed by atoms with E-state index in [4.69, 9.17) is 4.74 Å². The average molecular weight is 335 g/mol. The molecule has 0 heterocycles. The van der Waals surface area contributed by atoms with E-state index in [9.17, 15) is 5.11 Å². The SMILES string of the molecule is CCCCCCCCCCCCOc1cccc([C@](C)(O)CC)c1. The molecule has 0 amide bonds. The Kier molecular flexibility index (Phi) is 10.8. The zero-order chi connectivity index (χ0) is 17.7. The van der Waals surface area contributed by atoms with Crippen LogP contribution in [0.25, 0.3) is 0 Å². The second kappa shape index (κ2) is 12.4. The smallest absolute Gasteiger partial charge is 0.119 e. The molecule has 1 atom stereocenters. The van der Waals surface area contributed by atoms with Gasteiger partial charge < -0.3 is 9.84 Å². The lowest BCUT2D eigenvalue weighted by atomic mass is 9.93. The van der Waals surface area contributed by atoms with Gasteiger partial charge in [-0.1, -0.05) is 83.8 Å². The molecule has 0 saturated carbocycles. The van der Waals surface area contributed by atoms with Crippen LogP contribution in [0.2, 0.25) is 0 Å². The Hall–Kier alpha value is -1.02. The maximum Gasteiger partial charge on any atom is 0.119 e. The highest BCUT2D eigenvalue weighted by Gasteiger charge is 2.20. The fourth-order valence-electron chi connectivity index (χ4n) is 2.90. The maximum atomic E-state index is 10.3. The van der Waals surface area contributed by atoms with Gasteiger partial charge in [-0.25, -0.2) is 0 Å². The monoisotopic (exact) mass is 334 g/mol. The van der Waals surface area contributed by atoms with Crippen molar-refractivity contribution in [3.05, 3.63) is 29.8 Å². The number of rotatable bonds is 14. The zero-order valence-corrected chi connectivity index (χ0v) is 16.2. The largest absolute Gasteiger partial charge is 0.494 e. The van der Waals surface area contributed by atoms with E-state index in [0.29, 0.717) is 6.42 Å². The van der Waals surface area contributed by atoms with Gasteiger partial charge in [-0.3, -0.25) is 0 Å². The first-order chi connectivity index (χ1) is 11.6. The summed E-state index contributed by atoms with van der Waals surface area (Å²) in [5, 5.41) is 10.3. The zero-order valence-electron chi connectivity index (χ0n) is 16.2.